The second-order valence-corrected chi connectivity index (χ2v) is 10.5. The molecule has 3 heterocycles. The predicted octanol–water partition coefficient (Wildman–Crippen LogP) is 5.97. The number of carbonyl (C=O) groups is 1. The summed E-state index contributed by atoms with van der Waals surface area (Å²) in [5.74, 6) is -0.154. The number of benzene rings is 2. The van der Waals surface area contributed by atoms with Gasteiger partial charge in [0.05, 0.1) is 17.1 Å². The largest absolute Gasteiger partial charge is 0.488 e. The van der Waals surface area contributed by atoms with Gasteiger partial charge in [0.25, 0.3) is 0 Å². The monoisotopic (exact) mass is 509 g/mol. The number of hydrogen-bond donors (Lipinski definition) is 1. The number of aryl methyl sites for hydroxylation is 1. The summed E-state index contributed by atoms with van der Waals surface area (Å²) in [7, 11) is 3.95. The average molecular weight is 510 g/mol. The summed E-state index contributed by atoms with van der Waals surface area (Å²) in [6.07, 6.45) is 3.40. The Morgan fingerprint density at radius 1 is 1.05 bits per heavy atom. The van der Waals surface area contributed by atoms with Crippen LogP contribution in [0.4, 0.5) is 0 Å². The molecule has 0 fully saturated rings. The fourth-order valence-electron chi connectivity index (χ4n) is 5.54. The molecule has 2 aliphatic rings. The van der Waals surface area contributed by atoms with Crippen LogP contribution in [0, 0.1) is 13.8 Å². The molecule has 1 N–H and O–H groups in total. The third-order valence-electron chi connectivity index (χ3n) is 7.70. The number of aromatic nitrogens is 1. The zero-order valence-electron chi connectivity index (χ0n) is 22.8. The molecule has 0 spiro atoms. The van der Waals surface area contributed by atoms with Crippen molar-refractivity contribution in [2.45, 2.75) is 46.8 Å². The van der Waals surface area contributed by atoms with Crippen LogP contribution in [0.3, 0.4) is 0 Å². The molecule has 3 aromatic rings. The van der Waals surface area contributed by atoms with Crippen molar-refractivity contribution in [3.05, 3.63) is 99.4 Å². The maximum atomic E-state index is 11.8. The van der Waals surface area contributed by atoms with Gasteiger partial charge >= 0.3 is 5.97 Å². The van der Waals surface area contributed by atoms with Crippen LogP contribution in [-0.2, 0) is 24.4 Å². The highest BCUT2D eigenvalue weighted by Crippen LogP contribution is 2.35. The Bertz CT molecular complexity index is 1470. The summed E-state index contributed by atoms with van der Waals surface area (Å²) in [4.78, 5) is 20.8. The zero-order chi connectivity index (χ0) is 27.0. The van der Waals surface area contributed by atoms with Crippen LogP contribution < -0.4 is 4.74 Å². The first kappa shape index (κ1) is 25.7. The molecule has 6 nitrogen and oxygen atoms in total. The van der Waals surface area contributed by atoms with Gasteiger partial charge in [0.2, 0.25) is 0 Å². The number of likely N-dealkylation sites (N-methyl/N-ethyl adjacent to an activating group) is 2. The normalized spacial score (nSPS) is 15.8. The second-order valence-electron chi connectivity index (χ2n) is 10.5. The van der Waals surface area contributed by atoms with E-state index in [0.717, 1.165) is 59.0 Å². The molecule has 6 heteroatoms. The van der Waals surface area contributed by atoms with E-state index in [9.17, 15) is 9.90 Å². The molecule has 1 aromatic heterocycles. The summed E-state index contributed by atoms with van der Waals surface area (Å²) in [5, 5.41) is 9.64. The van der Waals surface area contributed by atoms with Gasteiger partial charge in [-0.2, -0.15) is 0 Å². The Morgan fingerprint density at radius 3 is 2.63 bits per heavy atom. The quantitative estimate of drug-likeness (QED) is 0.442. The van der Waals surface area contributed by atoms with E-state index in [1.165, 1.54) is 22.3 Å². The minimum absolute atomic E-state index is 0.268. The van der Waals surface area contributed by atoms with Crippen molar-refractivity contribution in [3.8, 4) is 17.0 Å². The molecule has 0 atom stereocenters. The van der Waals surface area contributed by atoms with E-state index in [1.807, 2.05) is 31.2 Å². The second kappa shape index (κ2) is 10.5. The fraction of sp³-hybridized carbons (Fsp3) is 0.312. The number of pyridine rings is 1. The smallest absolute Gasteiger partial charge is 0.352 e. The van der Waals surface area contributed by atoms with Crippen molar-refractivity contribution in [2.24, 2.45) is 0 Å². The summed E-state index contributed by atoms with van der Waals surface area (Å²) in [6.45, 7) is 8.86. The summed E-state index contributed by atoms with van der Waals surface area (Å²) < 4.78 is 6.44. The van der Waals surface area contributed by atoms with E-state index in [4.69, 9.17) is 9.72 Å². The Hall–Kier alpha value is -3.90. The van der Waals surface area contributed by atoms with Gasteiger partial charge in [0.15, 0.2) is 0 Å². The zero-order valence-corrected chi connectivity index (χ0v) is 22.8. The summed E-state index contributed by atoms with van der Waals surface area (Å²) in [5.41, 5.74) is 11.2. The molecule has 0 aliphatic carbocycles. The highest BCUT2D eigenvalue weighted by atomic mass is 16.5. The standard InChI is InChI=1S/C32H35N3O3/c1-20-9-14-30(38-19-24-12-11-23-18-34(4)16-15-25(23)22(24)3)26(17-20)27-7-6-8-28(33-27)31-21(2)10-13-29(32(36)37)35(31)5/h6-9,11-14,17H,10,15-16,18-19H2,1-5H3,(H,36,37). The Morgan fingerprint density at radius 2 is 1.84 bits per heavy atom. The molecule has 5 rings (SSSR count). The number of carboxylic acids is 1. The lowest BCUT2D eigenvalue weighted by molar-refractivity contribution is -0.133. The molecule has 196 valence electrons. The molecule has 2 aromatic carbocycles. The minimum atomic E-state index is -0.937. The van der Waals surface area contributed by atoms with Crippen LogP contribution >= 0.6 is 0 Å². The maximum absolute atomic E-state index is 11.8. The molecule has 0 bridgehead atoms. The number of fused-ring (bicyclic) bond motifs is 1. The minimum Gasteiger partial charge on any atom is -0.488 e. The average Bonchev–Trinajstić information content (AvgIpc) is 2.89. The molecule has 38 heavy (non-hydrogen) atoms. The first-order valence-corrected chi connectivity index (χ1v) is 13.1. The molecule has 0 unspecified atom stereocenters. The number of rotatable bonds is 6. The molecular formula is C32H35N3O3. The van der Waals surface area contributed by atoms with Crippen LogP contribution in [0.5, 0.6) is 5.75 Å². The van der Waals surface area contributed by atoms with E-state index in [1.54, 1.807) is 18.0 Å². The van der Waals surface area contributed by atoms with Crippen molar-refractivity contribution in [1.29, 1.82) is 0 Å². The molecule has 0 radical (unpaired) electrons. The van der Waals surface area contributed by atoms with Crippen LogP contribution in [-0.4, -0.2) is 46.5 Å². The van der Waals surface area contributed by atoms with Gasteiger partial charge in [-0.15, -0.1) is 0 Å². The Kier molecular flexibility index (Phi) is 7.09. The maximum Gasteiger partial charge on any atom is 0.352 e. The summed E-state index contributed by atoms with van der Waals surface area (Å²) in [6, 6.07) is 16.5. The van der Waals surface area contributed by atoms with Gasteiger partial charge in [0, 0.05) is 25.7 Å². The topological polar surface area (TPSA) is 65.9 Å². The van der Waals surface area contributed by atoms with Gasteiger partial charge < -0.3 is 19.6 Å². The number of ether oxygens (including phenoxy) is 1. The van der Waals surface area contributed by atoms with Crippen molar-refractivity contribution >= 4 is 11.7 Å². The highest BCUT2D eigenvalue weighted by Gasteiger charge is 2.24. The lowest BCUT2D eigenvalue weighted by Gasteiger charge is -2.28. The van der Waals surface area contributed by atoms with E-state index in [0.29, 0.717) is 13.0 Å². The number of hydrogen-bond acceptors (Lipinski definition) is 5. The van der Waals surface area contributed by atoms with Gasteiger partial charge in [-0.3, -0.25) is 0 Å². The number of aliphatic carboxylic acids is 1. The van der Waals surface area contributed by atoms with Crippen molar-refractivity contribution in [3.63, 3.8) is 0 Å². The van der Waals surface area contributed by atoms with Crippen molar-refractivity contribution in [2.75, 3.05) is 20.6 Å². The van der Waals surface area contributed by atoms with Crippen LogP contribution in [0.2, 0.25) is 0 Å². The number of nitrogens with zero attached hydrogens (tertiary/aromatic N) is 3. The number of allylic oxidation sites excluding steroid dienone is 2. The van der Waals surface area contributed by atoms with E-state index in [-0.39, 0.29) is 5.70 Å². The third-order valence-corrected chi connectivity index (χ3v) is 7.70. The SMILES string of the molecule is CC1=C(c2cccc(-c3cc(C)ccc3OCc3ccc4c(c3C)CCN(C)C4)n2)N(C)C(C(=O)O)=CC1. The first-order valence-electron chi connectivity index (χ1n) is 13.1. The van der Waals surface area contributed by atoms with Crippen LogP contribution in [0.15, 0.2) is 65.9 Å². The highest BCUT2D eigenvalue weighted by molar-refractivity contribution is 5.90. The lowest BCUT2D eigenvalue weighted by Crippen LogP contribution is -2.27. The van der Waals surface area contributed by atoms with E-state index < -0.39 is 5.97 Å². The fourth-order valence-corrected chi connectivity index (χ4v) is 5.54. The van der Waals surface area contributed by atoms with Crippen molar-refractivity contribution in [1.82, 2.24) is 14.8 Å². The van der Waals surface area contributed by atoms with Crippen LogP contribution in [0.1, 0.15) is 46.9 Å². The molecule has 0 saturated carbocycles. The van der Waals surface area contributed by atoms with Gasteiger partial charge in [-0.05, 0) is 98.8 Å². The van der Waals surface area contributed by atoms with E-state index >= 15 is 0 Å². The third kappa shape index (κ3) is 4.96. The van der Waals surface area contributed by atoms with Gasteiger partial charge in [0.1, 0.15) is 18.1 Å². The molecular weight excluding hydrogens is 474 g/mol. The predicted molar refractivity (Wildman–Crippen MR) is 151 cm³/mol. The first-order chi connectivity index (χ1) is 18.2. The summed E-state index contributed by atoms with van der Waals surface area (Å²) >= 11 is 0. The van der Waals surface area contributed by atoms with Gasteiger partial charge in [-0.25, -0.2) is 9.78 Å². The van der Waals surface area contributed by atoms with Crippen LogP contribution in [0.25, 0.3) is 17.0 Å². The molecule has 0 amide bonds. The Labute approximate surface area is 224 Å². The number of carboxylic acid groups (broad SMARTS) is 1. The Balaban J connectivity index is 1.45. The van der Waals surface area contributed by atoms with Crippen molar-refractivity contribution < 1.29 is 14.6 Å². The van der Waals surface area contributed by atoms with E-state index in [2.05, 4.69) is 50.1 Å². The molecule has 0 saturated heterocycles. The van der Waals surface area contributed by atoms with Gasteiger partial charge in [-0.1, -0.05) is 29.8 Å². The molecule has 2 aliphatic heterocycles. The lowest BCUT2D eigenvalue weighted by atomic mass is 9.92.